The Morgan fingerprint density at radius 2 is 0.711 bits per heavy atom. The van der Waals surface area contributed by atoms with Gasteiger partial charge in [-0.25, -0.2) is 39.9 Å². The SMILES string of the molecule is CCOCCC(=O)Nc1nc2ccc(C)nc2n1C1CCC1.Cc1ccc2nc(NC(=O)CCOC3CCCC3)n(C3CCC3)c2n1.Cc1ccc2nc(NC(=O)C[C@@H](C)OC(C)(C)C)n(C3CCC3)c2n1.Cc1ccc2nc(NC(=O)C[C@H](C)OC(C)(C)C)n(C3CCC3)c2n1. The van der Waals surface area contributed by atoms with Gasteiger partial charge in [0.05, 0.1) is 68.4 Å². The van der Waals surface area contributed by atoms with Crippen molar-refractivity contribution in [2.75, 3.05) is 41.1 Å². The van der Waals surface area contributed by atoms with E-state index >= 15 is 0 Å². The number of nitrogens with zero attached hydrogens (tertiary/aromatic N) is 12. The number of ether oxygens (including phenoxy) is 4. The number of carbonyl (C=O) groups excluding carboxylic acids is 4. The maximum Gasteiger partial charge on any atom is 0.229 e. The first-order valence-corrected chi connectivity index (χ1v) is 35.5. The summed E-state index contributed by atoms with van der Waals surface area (Å²) < 4.78 is 31.1. The molecule has 5 aliphatic rings. The van der Waals surface area contributed by atoms with E-state index in [2.05, 4.69) is 79.4 Å². The van der Waals surface area contributed by atoms with Crippen LogP contribution in [-0.4, -0.2) is 131 Å². The first-order valence-electron chi connectivity index (χ1n) is 35.5. The molecule has 5 saturated carbocycles. The highest BCUT2D eigenvalue weighted by atomic mass is 16.5. The van der Waals surface area contributed by atoms with E-state index in [1.54, 1.807) is 0 Å². The number of amides is 4. The molecule has 8 heterocycles. The predicted molar refractivity (Wildman–Crippen MR) is 379 cm³/mol. The Bertz CT molecular complexity index is 3870. The van der Waals surface area contributed by atoms with Gasteiger partial charge in [-0.1, -0.05) is 12.8 Å². The van der Waals surface area contributed by atoms with Crippen LogP contribution in [0.5, 0.6) is 0 Å². The van der Waals surface area contributed by atoms with Crippen molar-refractivity contribution in [1.82, 2.24) is 58.1 Å². The highest BCUT2D eigenvalue weighted by Crippen LogP contribution is 2.41. The number of anilines is 4. The van der Waals surface area contributed by atoms with Crippen LogP contribution in [0, 0.1) is 27.7 Å². The Morgan fingerprint density at radius 3 is 0.979 bits per heavy atom. The van der Waals surface area contributed by atoms with Crippen LogP contribution >= 0.6 is 0 Å². The van der Waals surface area contributed by atoms with Gasteiger partial charge in [0.2, 0.25) is 47.4 Å². The molecule has 5 fully saturated rings. The zero-order valence-electron chi connectivity index (χ0n) is 59.6. The average molecular weight is 1330 g/mol. The Balaban J connectivity index is 0.000000141. The molecule has 24 nitrogen and oxygen atoms in total. The third-order valence-electron chi connectivity index (χ3n) is 18.2. The largest absolute Gasteiger partial charge is 0.381 e. The fraction of sp³-hybridized carbons (Fsp3) is 0.616. The van der Waals surface area contributed by atoms with Gasteiger partial charge in [-0.15, -0.1) is 0 Å². The molecule has 8 aromatic heterocycles. The summed E-state index contributed by atoms with van der Waals surface area (Å²) in [5.74, 6) is 2.18. The fourth-order valence-electron chi connectivity index (χ4n) is 12.8. The minimum absolute atomic E-state index is 0.0365. The molecular weight excluding hydrogens is 1230 g/mol. The fourth-order valence-corrected chi connectivity index (χ4v) is 12.8. The Labute approximate surface area is 570 Å². The summed E-state index contributed by atoms with van der Waals surface area (Å²) in [6.07, 6.45) is 19.9. The highest BCUT2D eigenvalue weighted by Gasteiger charge is 2.32. The van der Waals surface area contributed by atoms with Crippen LogP contribution in [0.3, 0.4) is 0 Å². The third-order valence-corrected chi connectivity index (χ3v) is 18.2. The monoisotopic (exact) mass is 1330 g/mol. The minimum atomic E-state index is -0.264. The molecule has 0 aliphatic heterocycles. The number of fused-ring (bicyclic) bond motifs is 4. The lowest BCUT2D eigenvalue weighted by Gasteiger charge is -2.29. The number of nitrogens with one attached hydrogen (secondary N) is 4. The van der Waals surface area contributed by atoms with Gasteiger partial charge < -0.3 is 18.9 Å². The maximum absolute atomic E-state index is 12.5. The average Bonchev–Trinajstić information content (AvgIpc) is 1.67. The van der Waals surface area contributed by atoms with Crippen LogP contribution in [0.15, 0.2) is 48.5 Å². The summed E-state index contributed by atoms with van der Waals surface area (Å²) in [6, 6.07) is 17.2. The van der Waals surface area contributed by atoms with Crippen LogP contribution in [0.1, 0.15) is 238 Å². The molecule has 5 aliphatic carbocycles. The molecule has 97 heavy (non-hydrogen) atoms. The molecule has 2 atom stereocenters. The van der Waals surface area contributed by atoms with E-state index in [1.807, 2.05) is 139 Å². The molecular formula is C73H104N16O8. The van der Waals surface area contributed by atoms with Crippen molar-refractivity contribution in [3.8, 4) is 0 Å². The number of pyridine rings is 4. The van der Waals surface area contributed by atoms with Crippen molar-refractivity contribution in [3.05, 3.63) is 71.3 Å². The third kappa shape index (κ3) is 19.3. The smallest absolute Gasteiger partial charge is 0.229 e. The number of carbonyl (C=O) groups is 4. The zero-order valence-corrected chi connectivity index (χ0v) is 59.6. The molecule has 0 aromatic carbocycles. The van der Waals surface area contributed by atoms with Gasteiger partial charge in [-0.05, 0) is 228 Å². The molecule has 13 rings (SSSR count). The summed E-state index contributed by atoms with van der Waals surface area (Å²) in [4.78, 5) is 86.2. The van der Waals surface area contributed by atoms with Crippen LogP contribution in [-0.2, 0) is 38.1 Å². The van der Waals surface area contributed by atoms with Gasteiger partial charge in [0.1, 0.15) is 22.1 Å². The second-order valence-corrected chi connectivity index (χ2v) is 28.9. The van der Waals surface area contributed by atoms with Gasteiger partial charge in [-0.3, -0.25) is 58.7 Å². The minimum Gasteiger partial charge on any atom is -0.381 e. The van der Waals surface area contributed by atoms with Crippen molar-refractivity contribution in [2.45, 2.75) is 272 Å². The predicted octanol–water partition coefficient (Wildman–Crippen LogP) is 14.6. The Hall–Kier alpha value is -7.80. The van der Waals surface area contributed by atoms with Gasteiger partial charge >= 0.3 is 0 Å². The number of imidazole rings is 4. The highest BCUT2D eigenvalue weighted by molar-refractivity contribution is 5.94. The summed E-state index contributed by atoms with van der Waals surface area (Å²) in [7, 11) is 0. The molecule has 4 N–H and O–H groups in total. The molecule has 0 spiro atoms. The quantitative estimate of drug-likeness (QED) is 0.0459. The molecule has 0 radical (unpaired) electrons. The molecule has 524 valence electrons. The normalized spacial score (nSPS) is 16.8. The van der Waals surface area contributed by atoms with Crippen molar-refractivity contribution >= 4 is 92.1 Å². The Morgan fingerprint density at radius 1 is 0.423 bits per heavy atom. The maximum atomic E-state index is 12.5. The molecule has 0 bridgehead atoms. The van der Waals surface area contributed by atoms with Crippen LogP contribution in [0.25, 0.3) is 44.7 Å². The van der Waals surface area contributed by atoms with Crippen molar-refractivity contribution < 1.29 is 38.1 Å². The second kappa shape index (κ2) is 32.3. The number of aromatic nitrogens is 12. The topological polar surface area (TPSA) is 276 Å². The van der Waals surface area contributed by atoms with Crippen LogP contribution < -0.4 is 21.3 Å². The summed E-state index contributed by atoms with van der Waals surface area (Å²) >= 11 is 0. The standard InChI is InChI=1S/C19H26N4O2.2C19H28N4O2.C16H22N4O2/c1-13-9-10-16-18(20-13)23(14-5-4-6-14)19(21-16)22-17(24)11-12-25-15-7-2-3-8-15;2*1-12-9-10-15-17(20-12)23(14-7-6-8-14)18(21-15)22-16(24)11-13(2)25-19(3,4)5;1-3-22-10-9-14(21)19-16-18-13-8-7-11(2)17-15(13)20(16)12-5-4-6-12/h9-10,14-15H,2-8,11-12H2,1H3,(H,21,22,24);2*9-10,13-14H,6-8,11H2,1-5H3,(H,21,22,24);7-8,12H,3-6,9-10H2,1-2H3,(H,18,19,21)/t;2*13-;/m.10./s1. The van der Waals surface area contributed by atoms with Crippen molar-refractivity contribution in [3.63, 3.8) is 0 Å². The van der Waals surface area contributed by atoms with Crippen molar-refractivity contribution in [1.29, 1.82) is 0 Å². The lowest BCUT2D eigenvalue weighted by Crippen LogP contribution is -2.29. The lowest BCUT2D eigenvalue weighted by molar-refractivity contribution is -0.123. The number of hydrogen-bond donors (Lipinski definition) is 4. The van der Waals surface area contributed by atoms with Crippen LogP contribution in [0.2, 0.25) is 0 Å². The molecule has 4 amide bonds. The van der Waals surface area contributed by atoms with Gasteiger partial charge in [0, 0.05) is 53.5 Å². The van der Waals surface area contributed by atoms with Gasteiger partial charge in [-0.2, -0.15) is 0 Å². The summed E-state index contributed by atoms with van der Waals surface area (Å²) in [6.45, 7) is 27.1. The first-order chi connectivity index (χ1) is 46.3. The summed E-state index contributed by atoms with van der Waals surface area (Å²) in [5, 5.41) is 11.9. The van der Waals surface area contributed by atoms with E-state index in [0.29, 0.717) is 99.6 Å². The van der Waals surface area contributed by atoms with Gasteiger partial charge in [0.25, 0.3) is 0 Å². The van der Waals surface area contributed by atoms with E-state index < -0.39 is 0 Å². The zero-order chi connectivity index (χ0) is 69.1. The number of hydrogen-bond acceptors (Lipinski definition) is 16. The van der Waals surface area contributed by atoms with E-state index in [-0.39, 0.29) is 47.0 Å². The van der Waals surface area contributed by atoms with Crippen molar-refractivity contribution in [2.24, 2.45) is 0 Å². The van der Waals surface area contributed by atoms with E-state index in [9.17, 15) is 19.2 Å². The first kappa shape index (κ1) is 72.0. The molecule has 8 aromatic rings. The van der Waals surface area contributed by atoms with E-state index in [4.69, 9.17) is 18.9 Å². The van der Waals surface area contributed by atoms with E-state index in [1.165, 1.54) is 38.5 Å². The molecule has 0 unspecified atom stereocenters. The summed E-state index contributed by atoms with van der Waals surface area (Å²) in [5.41, 5.74) is 10.1. The van der Waals surface area contributed by atoms with E-state index in [0.717, 1.165) is 132 Å². The molecule has 24 heteroatoms. The number of aryl methyl sites for hydroxylation is 4. The van der Waals surface area contributed by atoms with Crippen LogP contribution in [0.4, 0.5) is 23.8 Å². The second-order valence-electron chi connectivity index (χ2n) is 28.9. The van der Waals surface area contributed by atoms with Gasteiger partial charge in [0.15, 0.2) is 22.6 Å². The Kier molecular flexibility index (Phi) is 23.9. The lowest BCUT2D eigenvalue weighted by atomic mass is 9.93. The molecule has 0 saturated heterocycles. The number of rotatable bonds is 22.